The van der Waals surface area contributed by atoms with Crippen molar-refractivity contribution in [1.82, 2.24) is 0 Å². The van der Waals surface area contributed by atoms with E-state index in [-0.39, 0.29) is 24.7 Å². The molecule has 236 valence electrons. The minimum atomic E-state index is -1.63. The number of hydrogen-bond acceptors (Lipinski definition) is 13. The number of methoxy groups -OCH3 is 1. The zero-order valence-electron chi connectivity index (χ0n) is 24.9. The molecule has 3 rings (SSSR count). The van der Waals surface area contributed by atoms with E-state index in [2.05, 4.69) is 0 Å². The maximum absolute atomic E-state index is 12.7. The van der Waals surface area contributed by atoms with Gasteiger partial charge in [0, 0.05) is 26.8 Å². The van der Waals surface area contributed by atoms with Gasteiger partial charge in [0.15, 0.2) is 29.8 Å². The van der Waals surface area contributed by atoms with E-state index in [0.717, 1.165) is 33.4 Å². The lowest BCUT2D eigenvalue weighted by Crippen LogP contribution is -2.64. The Balaban J connectivity index is 2.04. The van der Waals surface area contributed by atoms with Crippen LogP contribution in [0.4, 0.5) is 0 Å². The van der Waals surface area contributed by atoms with Gasteiger partial charge in [0.25, 0.3) is 0 Å². The van der Waals surface area contributed by atoms with Crippen molar-refractivity contribution in [3.05, 3.63) is 65.7 Å². The van der Waals surface area contributed by atoms with E-state index < -0.39 is 60.6 Å². The Labute approximate surface area is 253 Å². The summed E-state index contributed by atoms with van der Waals surface area (Å²) in [7, 11) is 1.09. The van der Waals surface area contributed by atoms with Gasteiger partial charge in [-0.25, -0.2) is 9.59 Å². The molecule has 1 saturated heterocycles. The normalized spacial score (nSPS) is 21.1. The first-order valence-corrected chi connectivity index (χ1v) is 13.6. The third-order valence-electron chi connectivity index (χ3n) is 5.98. The van der Waals surface area contributed by atoms with Gasteiger partial charge in [-0.2, -0.15) is 0 Å². The molecule has 0 unspecified atom stereocenters. The molecule has 13 nitrogen and oxygen atoms in total. The van der Waals surface area contributed by atoms with Crippen molar-refractivity contribution in [3.63, 3.8) is 0 Å². The quantitative estimate of drug-likeness (QED) is 0.195. The van der Waals surface area contributed by atoms with Crippen LogP contribution in [0.2, 0.25) is 0 Å². The summed E-state index contributed by atoms with van der Waals surface area (Å²) in [5, 5.41) is 0. The van der Waals surface area contributed by atoms with E-state index in [1.165, 1.54) is 18.2 Å². The lowest BCUT2D eigenvalue weighted by Gasteiger charge is -2.43. The zero-order chi connectivity index (χ0) is 32.2. The molecule has 0 spiro atoms. The first kappa shape index (κ1) is 33.6. The summed E-state index contributed by atoms with van der Waals surface area (Å²) < 4.78 is 43.9. The Bertz CT molecular complexity index is 1350. The van der Waals surface area contributed by atoms with E-state index in [1.807, 2.05) is 30.3 Å². The van der Waals surface area contributed by atoms with Gasteiger partial charge in [0.2, 0.25) is 12.4 Å². The van der Waals surface area contributed by atoms with Crippen LogP contribution in [0.1, 0.15) is 38.8 Å². The van der Waals surface area contributed by atoms with Gasteiger partial charge < -0.3 is 37.9 Å². The highest BCUT2D eigenvalue weighted by Gasteiger charge is 2.56. The molecular weight excluding hydrogens is 580 g/mol. The maximum atomic E-state index is 12.7. The summed E-state index contributed by atoms with van der Waals surface area (Å²) in [5.41, 5.74) is 1.39. The largest absolute Gasteiger partial charge is 0.485 e. The number of carbonyl (C=O) groups excluding carboxylic acids is 5. The van der Waals surface area contributed by atoms with E-state index in [1.54, 1.807) is 19.1 Å². The van der Waals surface area contributed by atoms with Gasteiger partial charge in [-0.3, -0.25) is 14.4 Å². The highest BCUT2D eigenvalue weighted by molar-refractivity contribution is 5.87. The molecule has 1 aliphatic rings. The molecular formula is C31H34O13. The molecule has 0 radical (unpaired) electrons. The number of ether oxygens (including phenoxy) is 8. The Morgan fingerprint density at radius 3 is 2.07 bits per heavy atom. The van der Waals surface area contributed by atoms with Crippen LogP contribution in [-0.4, -0.2) is 74.3 Å². The third kappa shape index (κ3) is 9.56. The SMILES string of the molecule is CCOC(=O)/C=C/c1ccc(O[C@@H]2O[C@H](C(=O)OC)[C@@H](OC(C)=O)[C@H](OC(C)=O)[C@H]2OC(C)=O)c(OCc2ccccc2)c1. The summed E-state index contributed by atoms with van der Waals surface area (Å²) in [5.74, 6) is -3.69. The lowest BCUT2D eigenvalue weighted by molar-refractivity contribution is -0.282. The third-order valence-corrected chi connectivity index (χ3v) is 5.98. The molecule has 1 heterocycles. The lowest BCUT2D eigenvalue weighted by atomic mass is 9.97. The van der Waals surface area contributed by atoms with E-state index in [9.17, 15) is 24.0 Å². The van der Waals surface area contributed by atoms with Crippen LogP contribution in [0.25, 0.3) is 6.08 Å². The molecule has 5 atom stereocenters. The fourth-order valence-electron chi connectivity index (χ4n) is 4.23. The van der Waals surface area contributed by atoms with Crippen molar-refractivity contribution < 1.29 is 61.9 Å². The van der Waals surface area contributed by atoms with Gasteiger partial charge in [-0.15, -0.1) is 0 Å². The number of rotatable bonds is 12. The molecule has 0 aromatic heterocycles. The maximum Gasteiger partial charge on any atom is 0.339 e. The molecule has 1 aliphatic heterocycles. The molecule has 0 saturated carbocycles. The first-order valence-electron chi connectivity index (χ1n) is 13.6. The Morgan fingerprint density at radius 2 is 1.45 bits per heavy atom. The topological polar surface area (TPSA) is 159 Å². The van der Waals surface area contributed by atoms with Crippen LogP contribution in [-0.2, 0) is 59.0 Å². The Morgan fingerprint density at radius 1 is 0.818 bits per heavy atom. The van der Waals surface area contributed by atoms with E-state index in [4.69, 9.17) is 37.9 Å². The predicted octanol–water partition coefficient (Wildman–Crippen LogP) is 2.91. The second kappa shape index (κ2) is 16.1. The summed E-state index contributed by atoms with van der Waals surface area (Å²) in [4.78, 5) is 60.8. The molecule has 0 N–H and O–H groups in total. The second-order valence-corrected chi connectivity index (χ2v) is 9.35. The molecule has 2 aromatic carbocycles. The second-order valence-electron chi connectivity index (χ2n) is 9.35. The van der Waals surface area contributed by atoms with Gasteiger partial charge in [-0.05, 0) is 36.3 Å². The van der Waals surface area contributed by atoms with Crippen molar-refractivity contribution in [3.8, 4) is 11.5 Å². The van der Waals surface area contributed by atoms with Crippen LogP contribution in [0.5, 0.6) is 11.5 Å². The van der Waals surface area contributed by atoms with Crippen molar-refractivity contribution >= 4 is 35.9 Å². The molecule has 0 aliphatic carbocycles. The van der Waals surface area contributed by atoms with Crippen LogP contribution >= 0.6 is 0 Å². The molecule has 1 fully saturated rings. The van der Waals surface area contributed by atoms with Crippen LogP contribution in [0, 0.1) is 0 Å². The highest BCUT2D eigenvalue weighted by Crippen LogP contribution is 2.36. The average Bonchev–Trinajstić information content (AvgIpc) is 2.98. The fraction of sp³-hybridized carbons (Fsp3) is 0.387. The van der Waals surface area contributed by atoms with Crippen LogP contribution < -0.4 is 9.47 Å². The predicted molar refractivity (Wildman–Crippen MR) is 151 cm³/mol. The number of hydrogen-bond donors (Lipinski definition) is 0. The standard InChI is InChI=1S/C31H34O13/c1-6-38-25(35)15-13-21-12-14-23(24(16-21)39-17-22-10-8-7-9-11-22)43-31-29(42-20(4)34)27(41-19(3)33)26(40-18(2)32)28(44-31)30(36)37-5/h7-16,26-29,31H,6,17H2,1-5H3/b15-13+/t26-,27-,28-,29+,31+/m0/s1. The fourth-order valence-corrected chi connectivity index (χ4v) is 4.23. The summed E-state index contributed by atoms with van der Waals surface area (Å²) >= 11 is 0. The summed E-state index contributed by atoms with van der Waals surface area (Å²) in [6.07, 6.45) is -5.03. The van der Waals surface area contributed by atoms with Gasteiger partial charge in [0.05, 0.1) is 13.7 Å². The number of esters is 5. The zero-order valence-corrected chi connectivity index (χ0v) is 24.9. The van der Waals surface area contributed by atoms with Crippen molar-refractivity contribution in [2.75, 3.05) is 13.7 Å². The molecule has 13 heteroatoms. The summed E-state index contributed by atoms with van der Waals surface area (Å²) in [6, 6.07) is 13.9. The minimum Gasteiger partial charge on any atom is -0.485 e. The van der Waals surface area contributed by atoms with Crippen molar-refractivity contribution in [2.24, 2.45) is 0 Å². The monoisotopic (exact) mass is 614 g/mol. The Hall–Kier alpha value is -4.91. The Kier molecular flexibility index (Phi) is 12.3. The van der Waals surface area contributed by atoms with E-state index >= 15 is 0 Å². The number of benzene rings is 2. The summed E-state index contributed by atoms with van der Waals surface area (Å²) in [6.45, 7) is 5.30. The molecule has 0 bridgehead atoms. The van der Waals surface area contributed by atoms with Gasteiger partial charge in [0.1, 0.15) is 6.61 Å². The molecule has 2 aromatic rings. The van der Waals surface area contributed by atoms with Gasteiger partial charge in [-0.1, -0.05) is 36.4 Å². The first-order chi connectivity index (χ1) is 21.0. The highest BCUT2D eigenvalue weighted by atomic mass is 16.7. The smallest absolute Gasteiger partial charge is 0.339 e. The van der Waals surface area contributed by atoms with Crippen LogP contribution in [0.3, 0.4) is 0 Å². The molecule has 0 amide bonds. The number of carbonyl (C=O) groups is 5. The van der Waals surface area contributed by atoms with Crippen molar-refractivity contribution in [2.45, 2.75) is 65.0 Å². The van der Waals surface area contributed by atoms with Crippen LogP contribution in [0.15, 0.2) is 54.6 Å². The minimum absolute atomic E-state index is 0.0764. The van der Waals surface area contributed by atoms with Crippen molar-refractivity contribution in [1.29, 1.82) is 0 Å². The molecule has 44 heavy (non-hydrogen) atoms. The van der Waals surface area contributed by atoms with E-state index in [0.29, 0.717) is 5.56 Å². The van der Waals surface area contributed by atoms with Gasteiger partial charge >= 0.3 is 29.8 Å². The average molecular weight is 615 g/mol.